The standard InChI is InChI=1S/C7H6F4/c8-6(9)4-2-1-3-5(4)7(6,10)11/h2,5H,1,3H2. The molecule has 0 heterocycles. The Kier molecular flexibility index (Phi) is 1.05. The van der Waals surface area contributed by atoms with Crippen molar-refractivity contribution in [3.05, 3.63) is 11.6 Å². The van der Waals surface area contributed by atoms with E-state index in [4.69, 9.17) is 0 Å². The Hall–Kier alpha value is -0.540. The fraction of sp³-hybridized carbons (Fsp3) is 0.714. The molecule has 0 aromatic heterocycles. The van der Waals surface area contributed by atoms with Crippen molar-refractivity contribution in [2.24, 2.45) is 5.92 Å². The van der Waals surface area contributed by atoms with Crippen LogP contribution in [-0.4, -0.2) is 11.8 Å². The van der Waals surface area contributed by atoms with Gasteiger partial charge in [0.1, 0.15) is 0 Å². The Balaban J connectivity index is 2.37. The second kappa shape index (κ2) is 1.62. The van der Waals surface area contributed by atoms with Gasteiger partial charge in [0.15, 0.2) is 0 Å². The SMILES string of the molecule is FC1(F)C2=CCCC2C1(F)F. The molecule has 2 aliphatic rings. The van der Waals surface area contributed by atoms with E-state index in [1.54, 1.807) is 0 Å². The van der Waals surface area contributed by atoms with E-state index in [1.165, 1.54) is 6.08 Å². The summed E-state index contributed by atoms with van der Waals surface area (Å²) >= 11 is 0. The first-order valence-corrected chi connectivity index (χ1v) is 3.44. The quantitative estimate of drug-likeness (QED) is 0.383. The Labute approximate surface area is 60.9 Å². The molecule has 0 radical (unpaired) electrons. The summed E-state index contributed by atoms with van der Waals surface area (Å²) in [5.74, 6) is -8.80. The third-order valence-electron chi connectivity index (χ3n) is 2.41. The van der Waals surface area contributed by atoms with E-state index in [1.807, 2.05) is 0 Å². The highest BCUT2D eigenvalue weighted by atomic mass is 19.3. The van der Waals surface area contributed by atoms with Crippen LogP contribution in [-0.2, 0) is 0 Å². The van der Waals surface area contributed by atoms with E-state index in [0.717, 1.165) is 0 Å². The van der Waals surface area contributed by atoms with Crippen molar-refractivity contribution in [2.75, 3.05) is 0 Å². The molecular formula is C7H6F4. The maximum absolute atomic E-state index is 12.5. The average molecular weight is 166 g/mol. The smallest absolute Gasteiger partial charge is 0.199 e. The van der Waals surface area contributed by atoms with Crippen LogP contribution in [0.15, 0.2) is 11.6 Å². The maximum atomic E-state index is 12.5. The van der Waals surface area contributed by atoms with Crippen molar-refractivity contribution < 1.29 is 17.6 Å². The number of hydrogen-bond acceptors (Lipinski definition) is 0. The Bertz CT molecular complexity index is 229. The normalized spacial score (nSPS) is 37.5. The van der Waals surface area contributed by atoms with Gasteiger partial charge in [-0.15, -0.1) is 0 Å². The highest BCUT2D eigenvalue weighted by molar-refractivity contribution is 5.37. The van der Waals surface area contributed by atoms with Gasteiger partial charge in [0, 0.05) is 5.57 Å². The Morgan fingerprint density at radius 2 is 1.91 bits per heavy atom. The molecule has 1 fully saturated rings. The summed E-state index contributed by atoms with van der Waals surface area (Å²) in [5.41, 5.74) is -0.345. The van der Waals surface area contributed by atoms with Gasteiger partial charge in [-0.25, -0.2) is 0 Å². The van der Waals surface area contributed by atoms with Gasteiger partial charge in [0.05, 0.1) is 5.92 Å². The number of allylic oxidation sites excluding steroid dienone is 2. The van der Waals surface area contributed by atoms with Crippen LogP contribution in [0.4, 0.5) is 17.6 Å². The molecule has 1 unspecified atom stereocenters. The predicted molar refractivity (Wildman–Crippen MR) is 30.7 cm³/mol. The average Bonchev–Trinajstić information content (AvgIpc) is 2.32. The zero-order valence-electron chi connectivity index (χ0n) is 5.58. The van der Waals surface area contributed by atoms with Crippen molar-refractivity contribution >= 4 is 0 Å². The highest BCUT2D eigenvalue weighted by Crippen LogP contribution is 2.62. The molecule has 0 amide bonds. The lowest BCUT2D eigenvalue weighted by molar-refractivity contribution is -0.264. The van der Waals surface area contributed by atoms with E-state index in [9.17, 15) is 17.6 Å². The van der Waals surface area contributed by atoms with Gasteiger partial charge in [-0.05, 0) is 12.8 Å². The number of rotatable bonds is 0. The van der Waals surface area contributed by atoms with Crippen molar-refractivity contribution in [3.63, 3.8) is 0 Å². The fourth-order valence-corrected chi connectivity index (χ4v) is 1.76. The largest absolute Gasteiger partial charge is 0.332 e. The minimum atomic E-state index is -3.85. The molecule has 62 valence electrons. The molecule has 0 saturated heterocycles. The van der Waals surface area contributed by atoms with Crippen molar-refractivity contribution in [1.82, 2.24) is 0 Å². The van der Waals surface area contributed by atoms with Crippen LogP contribution in [0.5, 0.6) is 0 Å². The molecule has 0 aromatic rings. The van der Waals surface area contributed by atoms with Crippen LogP contribution < -0.4 is 0 Å². The zero-order valence-corrected chi connectivity index (χ0v) is 5.58. The summed E-state index contributed by atoms with van der Waals surface area (Å²) in [6.07, 6.45) is 1.78. The van der Waals surface area contributed by atoms with Crippen molar-refractivity contribution in [2.45, 2.75) is 24.7 Å². The number of hydrogen-bond donors (Lipinski definition) is 0. The Morgan fingerprint density at radius 1 is 1.27 bits per heavy atom. The van der Waals surface area contributed by atoms with Crippen molar-refractivity contribution in [3.8, 4) is 0 Å². The molecule has 0 nitrogen and oxygen atoms in total. The van der Waals surface area contributed by atoms with E-state index in [-0.39, 0.29) is 12.0 Å². The van der Waals surface area contributed by atoms with Crippen LogP contribution in [0, 0.1) is 5.92 Å². The van der Waals surface area contributed by atoms with Gasteiger partial charge in [-0.2, -0.15) is 17.6 Å². The summed E-state index contributed by atoms with van der Waals surface area (Å²) < 4.78 is 49.9. The van der Waals surface area contributed by atoms with Crippen LogP contribution in [0.25, 0.3) is 0 Å². The first-order valence-electron chi connectivity index (χ1n) is 3.44. The topological polar surface area (TPSA) is 0 Å². The van der Waals surface area contributed by atoms with Crippen LogP contribution >= 0.6 is 0 Å². The van der Waals surface area contributed by atoms with Gasteiger partial charge in [0.2, 0.25) is 0 Å². The minimum absolute atomic E-state index is 0.178. The molecule has 11 heavy (non-hydrogen) atoms. The zero-order chi connectivity index (χ0) is 8.28. The molecule has 4 heteroatoms. The van der Waals surface area contributed by atoms with Crippen LogP contribution in [0.1, 0.15) is 12.8 Å². The lowest BCUT2D eigenvalue weighted by Gasteiger charge is -2.44. The lowest BCUT2D eigenvalue weighted by Crippen LogP contribution is -2.59. The second-order valence-corrected chi connectivity index (χ2v) is 2.99. The minimum Gasteiger partial charge on any atom is -0.199 e. The molecule has 0 aromatic carbocycles. The van der Waals surface area contributed by atoms with Gasteiger partial charge in [0.25, 0.3) is 0 Å². The van der Waals surface area contributed by atoms with Crippen LogP contribution in [0.2, 0.25) is 0 Å². The number of halogens is 4. The van der Waals surface area contributed by atoms with Gasteiger partial charge in [-0.1, -0.05) is 6.08 Å². The molecule has 2 aliphatic carbocycles. The maximum Gasteiger partial charge on any atom is 0.332 e. The number of fused-ring (bicyclic) bond motifs is 1. The summed E-state index contributed by atoms with van der Waals surface area (Å²) in [7, 11) is 0. The van der Waals surface area contributed by atoms with Gasteiger partial charge in [-0.3, -0.25) is 0 Å². The Morgan fingerprint density at radius 3 is 2.45 bits per heavy atom. The first-order chi connectivity index (χ1) is 4.98. The van der Waals surface area contributed by atoms with E-state index in [2.05, 4.69) is 0 Å². The first kappa shape index (κ1) is 7.13. The van der Waals surface area contributed by atoms with Gasteiger partial charge >= 0.3 is 11.8 Å². The third kappa shape index (κ3) is 0.567. The summed E-state index contributed by atoms with van der Waals surface area (Å²) in [6.45, 7) is 0. The molecular weight excluding hydrogens is 160 g/mol. The summed E-state index contributed by atoms with van der Waals surface area (Å²) in [4.78, 5) is 0. The molecule has 0 spiro atoms. The monoisotopic (exact) mass is 166 g/mol. The van der Waals surface area contributed by atoms with Gasteiger partial charge < -0.3 is 0 Å². The summed E-state index contributed by atoms with van der Waals surface area (Å²) in [5, 5.41) is 0. The van der Waals surface area contributed by atoms with E-state index in [0.29, 0.717) is 6.42 Å². The molecule has 2 rings (SSSR count). The molecule has 1 saturated carbocycles. The predicted octanol–water partition coefficient (Wildman–Crippen LogP) is 2.61. The lowest BCUT2D eigenvalue weighted by atomic mass is 9.73. The van der Waals surface area contributed by atoms with Crippen LogP contribution in [0.3, 0.4) is 0 Å². The highest BCUT2D eigenvalue weighted by Gasteiger charge is 2.75. The second-order valence-electron chi connectivity index (χ2n) is 2.99. The van der Waals surface area contributed by atoms with E-state index >= 15 is 0 Å². The molecule has 0 bridgehead atoms. The number of alkyl halides is 4. The fourth-order valence-electron chi connectivity index (χ4n) is 1.76. The van der Waals surface area contributed by atoms with E-state index < -0.39 is 17.8 Å². The molecule has 1 atom stereocenters. The summed E-state index contributed by atoms with van der Waals surface area (Å²) in [6, 6.07) is 0. The molecule has 0 aliphatic heterocycles. The third-order valence-corrected chi connectivity index (χ3v) is 2.41. The van der Waals surface area contributed by atoms with Crippen molar-refractivity contribution in [1.29, 1.82) is 0 Å². The molecule has 0 N–H and O–H groups in total.